The first kappa shape index (κ1) is 14.7. The van der Waals surface area contributed by atoms with Crippen LogP contribution < -0.4 is 5.32 Å². The SMILES string of the molecule is Br.CNC1CN(Cc2ccccc2)CCC1C. The van der Waals surface area contributed by atoms with Gasteiger partial charge in [0.25, 0.3) is 0 Å². The number of likely N-dealkylation sites (N-methyl/N-ethyl adjacent to an activating group) is 1. The van der Waals surface area contributed by atoms with E-state index in [4.69, 9.17) is 0 Å². The van der Waals surface area contributed by atoms with Crippen LogP contribution in [0.2, 0.25) is 0 Å². The van der Waals surface area contributed by atoms with E-state index >= 15 is 0 Å². The first-order valence-electron chi connectivity index (χ1n) is 6.23. The fourth-order valence-corrected chi connectivity index (χ4v) is 2.50. The zero-order valence-electron chi connectivity index (χ0n) is 10.7. The topological polar surface area (TPSA) is 15.3 Å². The molecule has 3 heteroatoms. The van der Waals surface area contributed by atoms with Crippen LogP contribution >= 0.6 is 17.0 Å². The lowest BCUT2D eigenvalue weighted by atomic mass is 9.93. The number of piperidine rings is 1. The molecule has 2 unspecified atom stereocenters. The number of nitrogens with one attached hydrogen (secondary N) is 1. The number of hydrogen-bond donors (Lipinski definition) is 1. The summed E-state index contributed by atoms with van der Waals surface area (Å²) < 4.78 is 0. The van der Waals surface area contributed by atoms with Gasteiger partial charge in [0, 0.05) is 19.1 Å². The number of hydrogen-bond acceptors (Lipinski definition) is 2. The number of nitrogens with zero attached hydrogens (tertiary/aromatic N) is 1. The molecular formula is C14H23BrN2. The van der Waals surface area contributed by atoms with Crippen molar-refractivity contribution in [3.63, 3.8) is 0 Å². The van der Waals surface area contributed by atoms with E-state index in [0.717, 1.165) is 12.5 Å². The van der Waals surface area contributed by atoms with Crippen LogP contribution in [0.3, 0.4) is 0 Å². The van der Waals surface area contributed by atoms with E-state index in [1.165, 1.54) is 25.1 Å². The lowest BCUT2D eigenvalue weighted by molar-refractivity contribution is 0.147. The number of rotatable bonds is 3. The van der Waals surface area contributed by atoms with Crippen molar-refractivity contribution in [2.24, 2.45) is 5.92 Å². The van der Waals surface area contributed by atoms with Crippen molar-refractivity contribution in [3.8, 4) is 0 Å². The first-order chi connectivity index (χ1) is 7.79. The minimum Gasteiger partial charge on any atom is -0.315 e. The van der Waals surface area contributed by atoms with Gasteiger partial charge in [0.2, 0.25) is 0 Å². The van der Waals surface area contributed by atoms with Gasteiger partial charge in [-0.15, -0.1) is 17.0 Å². The van der Waals surface area contributed by atoms with E-state index in [9.17, 15) is 0 Å². The van der Waals surface area contributed by atoms with E-state index in [-0.39, 0.29) is 17.0 Å². The Labute approximate surface area is 115 Å². The maximum absolute atomic E-state index is 3.43. The molecule has 2 atom stereocenters. The third-order valence-corrected chi connectivity index (χ3v) is 3.66. The smallest absolute Gasteiger partial charge is 0.0234 e. The van der Waals surface area contributed by atoms with E-state index < -0.39 is 0 Å². The molecule has 1 aliphatic heterocycles. The highest BCUT2D eigenvalue weighted by atomic mass is 79.9. The zero-order valence-corrected chi connectivity index (χ0v) is 12.4. The molecule has 1 N–H and O–H groups in total. The molecule has 1 aliphatic rings. The lowest BCUT2D eigenvalue weighted by Gasteiger charge is -2.37. The van der Waals surface area contributed by atoms with Crippen LogP contribution in [0.25, 0.3) is 0 Å². The largest absolute Gasteiger partial charge is 0.315 e. The lowest BCUT2D eigenvalue weighted by Crippen LogP contribution is -2.48. The Morgan fingerprint density at radius 2 is 2.00 bits per heavy atom. The monoisotopic (exact) mass is 298 g/mol. The molecule has 1 fully saturated rings. The predicted octanol–water partition coefficient (Wildman–Crippen LogP) is 2.69. The maximum Gasteiger partial charge on any atom is 0.0234 e. The fourth-order valence-electron chi connectivity index (χ4n) is 2.50. The molecule has 0 saturated carbocycles. The molecule has 1 heterocycles. The van der Waals surface area contributed by atoms with Gasteiger partial charge < -0.3 is 5.32 Å². The highest BCUT2D eigenvalue weighted by Gasteiger charge is 2.24. The highest BCUT2D eigenvalue weighted by Crippen LogP contribution is 2.18. The van der Waals surface area contributed by atoms with Crippen LogP contribution in [-0.4, -0.2) is 31.1 Å². The minimum atomic E-state index is 0. The van der Waals surface area contributed by atoms with E-state index in [0.29, 0.717) is 6.04 Å². The third-order valence-electron chi connectivity index (χ3n) is 3.66. The van der Waals surface area contributed by atoms with Crippen molar-refractivity contribution in [3.05, 3.63) is 35.9 Å². The third kappa shape index (κ3) is 4.09. The Kier molecular flexibility index (Phi) is 6.17. The van der Waals surface area contributed by atoms with E-state index in [2.05, 4.69) is 54.5 Å². The molecule has 0 bridgehead atoms. The van der Waals surface area contributed by atoms with Crippen molar-refractivity contribution >= 4 is 17.0 Å². The summed E-state index contributed by atoms with van der Waals surface area (Å²) in [4.78, 5) is 2.55. The molecular weight excluding hydrogens is 276 g/mol. The highest BCUT2D eigenvalue weighted by molar-refractivity contribution is 8.93. The molecule has 1 aromatic carbocycles. The molecule has 17 heavy (non-hydrogen) atoms. The van der Waals surface area contributed by atoms with Crippen LogP contribution in [-0.2, 0) is 6.54 Å². The molecule has 0 radical (unpaired) electrons. The summed E-state index contributed by atoms with van der Waals surface area (Å²) in [6, 6.07) is 11.4. The van der Waals surface area contributed by atoms with Crippen LogP contribution in [0.1, 0.15) is 18.9 Å². The van der Waals surface area contributed by atoms with Crippen LogP contribution in [0.4, 0.5) is 0 Å². The van der Waals surface area contributed by atoms with Crippen LogP contribution in [0, 0.1) is 5.92 Å². The van der Waals surface area contributed by atoms with Gasteiger partial charge in [-0.05, 0) is 31.5 Å². The molecule has 96 valence electrons. The molecule has 2 nitrogen and oxygen atoms in total. The number of halogens is 1. The van der Waals surface area contributed by atoms with Crippen molar-refractivity contribution in [1.29, 1.82) is 0 Å². The summed E-state index contributed by atoms with van der Waals surface area (Å²) >= 11 is 0. The fraction of sp³-hybridized carbons (Fsp3) is 0.571. The number of likely N-dealkylation sites (tertiary alicyclic amines) is 1. The summed E-state index contributed by atoms with van der Waals surface area (Å²) in [5.41, 5.74) is 1.42. The van der Waals surface area contributed by atoms with Gasteiger partial charge in [0.05, 0.1) is 0 Å². The normalized spacial score (nSPS) is 25.3. The predicted molar refractivity (Wildman–Crippen MR) is 78.7 cm³/mol. The molecule has 0 aliphatic carbocycles. The van der Waals surface area contributed by atoms with E-state index in [1.54, 1.807) is 0 Å². The zero-order chi connectivity index (χ0) is 11.4. The van der Waals surface area contributed by atoms with Crippen LogP contribution in [0.5, 0.6) is 0 Å². The Hall–Kier alpha value is -0.380. The second kappa shape index (κ2) is 7.14. The van der Waals surface area contributed by atoms with Gasteiger partial charge in [0.1, 0.15) is 0 Å². The number of benzene rings is 1. The van der Waals surface area contributed by atoms with Crippen molar-refractivity contribution in [2.45, 2.75) is 25.9 Å². The van der Waals surface area contributed by atoms with Crippen molar-refractivity contribution in [1.82, 2.24) is 10.2 Å². The van der Waals surface area contributed by atoms with Gasteiger partial charge in [-0.3, -0.25) is 4.90 Å². The van der Waals surface area contributed by atoms with Crippen molar-refractivity contribution in [2.75, 3.05) is 20.1 Å². The molecule has 2 rings (SSSR count). The standard InChI is InChI=1S/C14H22N2.BrH/c1-12-8-9-16(11-14(12)15-2)10-13-6-4-3-5-7-13;/h3-7,12,14-15H,8-11H2,1-2H3;1H. The quantitative estimate of drug-likeness (QED) is 0.923. The Balaban J connectivity index is 0.00000144. The maximum atomic E-state index is 3.43. The van der Waals surface area contributed by atoms with Gasteiger partial charge >= 0.3 is 0 Å². The molecule has 0 aromatic heterocycles. The second-order valence-electron chi connectivity index (χ2n) is 4.88. The summed E-state index contributed by atoms with van der Waals surface area (Å²) in [7, 11) is 2.08. The minimum absolute atomic E-state index is 0. The van der Waals surface area contributed by atoms with Gasteiger partial charge in [-0.25, -0.2) is 0 Å². The molecule has 1 saturated heterocycles. The average molecular weight is 299 g/mol. The Morgan fingerprint density at radius 3 is 2.65 bits per heavy atom. The van der Waals surface area contributed by atoms with E-state index in [1.807, 2.05) is 0 Å². The molecule has 0 amide bonds. The first-order valence-corrected chi connectivity index (χ1v) is 6.23. The summed E-state index contributed by atoms with van der Waals surface area (Å²) in [6.07, 6.45) is 1.30. The van der Waals surface area contributed by atoms with Crippen LogP contribution in [0.15, 0.2) is 30.3 Å². The Morgan fingerprint density at radius 1 is 1.29 bits per heavy atom. The summed E-state index contributed by atoms with van der Waals surface area (Å²) in [5, 5.41) is 3.43. The van der Waals surface area contributed by atoms with Gasteiger partial charge in [-0.2, -0.15) is 0 Å². The van der Waals surface area contributed by atoms with Gasteiger partial charge in [-0.1, -0.05) is 37.3 Å². The van der Waals surface area contributed by atoms with Crippen molar-refractivity contribution < 1.29 is 0 Å². The second-order valence-corrected chi connectivity index (χ2v) is 4.88. The molecule has 0 spiro atoms. The van der Waals surface area contributed by atoms with Gasteiger partial charge in [0.15, 0.2) is 0 Å². The average Bonchev–Trinajstić information content (AvgIpc) is 2.33. The Bertz CT molecular complexity index is 315. The summed E-state index contributed by atoms with van der Waals surface area (Å²) in [5.74, 6) is 0.803. The summed E-state index contributed by atoms with van der Waals surface area (Å²) in [6.45, 7) is 5.84. The molecule has 1 aromatic rings.